The molecule has 0 aliphatic heterocycles. The van der Waals surface area contributed by atoms with Crippen LogP contribution in [0, 0.1) is 0 Å². The smallest absolute Gasteiger partial charge is 0.339 e. The molecule has 0 fully saturated rings. The van der Waals surface area contributed by atoms with Crippen molar-refractivity contribution in [2.75, 3.05) is 13.7 Å². The summed E-state index contributed by atoms with van der Waals surface area (Å²) in [5, 5.41) is 3.94. The first-order valence-corrected chi connectivity index (χ1v) is 11.1. The van der Waals surface area contributed by atoms with Gasteiger partial charge in [-0.25, -0.2) is 5.43 Å². The van der Waals surface area contributed by atoms with Gasteiger partial charge in [-0.05, 0) is 67.1 Å². The lowest BCUT2D eigenvalue weighted by atomic mass is 10.2. The van der Waals surface area contributed by atoms with Gasteiger partial charge in [0.2, 0.25) is 0 Å². The van der Waals surface area contributed by atoms with Gasteiger partial charge in [-0.1, -0.05) is 18.2 Å². The number of amides is 1. The van der Waals surface area contributed by atoms with Crippen molar-refractivity contribution in [3.05, 3.63) is 83.9 Å². The van der Waals surface area contributed by atoms with Gasteiger partial charge < -0.3 is 13.7 Å². The van der Waals surface area contributed by atoms with Crippen molar-refractivity contribution in [1.82, 2.24) is 5.43 Å². The van der Waals surface area contributed by atoms with Gasteiger partial charge in [-0.15, -0.1) is 0 Å². The largest absolute Gasteiger partial charge is 0.497 e. The second-order valence-corrected chi connectivity index (χ2v) is 7.96. The second kappa shape index (κ2) is 10.5. The van der Waals surface area contributed by atoms with E-state index in [0.29, 0.717) is 23.5 Å². The molecular formula is C23H22N2O6S. The van der Waals surface area contributed by atoms with E-state index >= 15 is 0 Å². The summed E-state index contributed by atoms with van der Waals surface area (Å²) in [7, 11) is -2.58. The number of nitrogens with one attached hydrogen (secondary N) is 1. The maximum atomic E-state index is 12.6. The van der Waals surface area contributed by atoms with E-state index in [2.05, 4.69) is 10.5 Å². The highest BCUT2D eigenvalue weighted by molar-refractivity contribution is 7.87. The van der Waals surface area contributed by atoms with Crippen LogP contribution in [-0.4, -0.2) is 34.3 Å². The van der Waals surface area contributed by atoms with Crippen LogP contribution >= 0.6 is 0 Å². The van der Waals surface area contributed by atoms with Crippen molar-refractivity contribution in [3.63, 3.8) is 0 Å². The Morgan fingerprint density at radius 2 is 1.72 bits per heavy atom. The van der Waals surface area contributed by atoms with E-state index in [1.165, 1.54) is 43.7 Å². The molecule has 3 rings (SSSR count). The maximum Gasteiger partial charge on any atom is 0.339 e. The Balaban J connectivity index is 1.75. The molecule has 8 nitrogen and oxygen atoms in total. The lowest BCUT2D eigenvalue weighted by molar-refractivity contribution is 0.0955. The average Bonchev–Trinajstić information content (AvgIpc) is 2.81. The van der Waals surface area contributed by atoms with Gasteiger partial charge in [-0.2, -0.15) is 13.5 Å². The molecule has 0 aromatic heterocycles. The molecule has 0 aliphatic carbocycles. The molecule has 1 N–H and O–H groups in total. The first kappa shape index (κ1) is 22.8. The molecule has 1 amide bonds. The summed E-state index contributed by atoms with van der Waals surface area (Å²) in [5.41, 5.74) is 3.49. The highest BCUT2D eigenvalue weighted by Gasteiger charge is 2.19. The molecule has 166 valence electrons. The molecule has 0 spiro atoms. The molecule has 32 heavy (non-hydrogen) atoms. The Labute approximate surface area is 186 Å². The summed E-state index contributed by atoms with van der Waals surface area (Å²) in [6, 6.07) is 19.2. The summed E-state index contributed by atoms with van der Waals surface area (Å²) in [6.45, 7) is 2.06. The second-order valence-electron chi connectivity index (χ2n) is 6.42. The average molecular weight is 455 g/mol. The Morgan fingerprint density at radius 1 is 1.00 bits per heavy atom. The standard InChI is InChI=1S/C23H22N2O6S/c1-3-30-22-15-17(16-24-25-23(26)18-7-5-4-6-8-18)9-14-21(22)31-32(27,28)20-12-10-19(29-2)11-13-20/h4-16H,3H2,1-2H3,(H,25,26)/b24-16-. The fourth-order valence-electron chi connectivity index (χ4n) is 2.67. The van der Waals surface area contributed by atoms with Crippen LogP contribution in [0.3, 0.4) is 0 Å². The van der Waals surface area contributed by atoms with Crippen LogP contribution in [0.2, 0.25) is 0 Å². The molecule has 0 saturated heterocycles. The number of ether oxygens (including phenoxy) is 2. The molecule has 9 heteroatoms. The van der Waals surface area contributed by atoms with E-state index in [0.717, 1.165) is 0 Å². The third kappa shape index (κ3) is 5.86. The minimum atomic E-state index is -4.08. The van der Waals surface area contributed by atoms with Crippen LogP contribution < -0.4 is 19.1 Å². The summed E-state index contributed by atoms with van der Waals surface area (Å²) < 4.78 is 41.1. The predicted molar refractivity (Wildman–Crippen MR) is 120 cm³/mol. The van der Waals surface area contributed by atoms with Gasteiger partial charge in [0.1, 0.15) is 10.6 Å². The number of benzene rings is 3. The third-order valence-electron chi connectivity index (χ3n) is 4.23. The van der Waals surface area contributed by atoms with E-state index in [9.17, 15) is 13.2 Å². The molecule has 0 radical (unpaired) electrons. The fourth-order valence-corrected chi connectivity index (χ4v) is 3.61. The van der Waals surface area contributed by atoms with Crippen LogP contribution in [0.15, 0.2) is 82.8 Å². The van der Waals surface area contributed by atoms with Crippen molar-refractivity contribution >= 4 is 22.2 Å². The van der Waals surface area contributed by atoms with Gasteiger partial charge in [0.05, 0.1) is 19.9 Å². The van der Waals surface area contributed by atoms with Crippen molar-refractivity contribution in [2.24, 2.45) is 5.10 Å². The molecule has 3 aromatic rings. The van der Waals surface area contributed by atoms with E-state index in [1.807, 2.05) is 6.07 Å². The molecule has 0 bridgehead atoms. The number of hydrazone groups is 1. The van der Waals surface area contributed by atoms with Crippen molar-refractivity contribution in [2.45, 2.75) is 11.8 Å². The van der Waals surface area contributed by atoms with E-state index < -0.39 is 10.1 Å². The van der Waals surface area contributed by atoms with Gasteiger partial charge >= 0.3 is 10.1 Å². The van der Waals surface area contributed by atoms with E-state index in [1.54, 1.807) is 43.3 Å². The molecule has 0 aliphatic rings. The highest BCUT2D eigenvalue weighted by atomic mass is 32.2. The Hall–Kier alpha value is -3.85. The number of carbonyl (C=O) groups is 1. The molecule has 0 heterocycles. The van der Waals surface area contributed by atoms with Gasteiger partial charge in [0.15, 0.2) is 11.5 Å². The van der Waals surface area contributed by atoms with Crippen molar-refractivity contribution in [3.8, 4) is 17.2 Å². The van der Waals surface area contributed by atoms with E-state index in [4.69, 9.17) is 13.7 Å². The zero-order chi connectivity index (χ0) is 23.0. The van der Waals surface area contributed by atoms with Crippen molar-refractivity contribution < 1.29 is 26.9 Å². The molecular weight excluding hydrogens is 432 g/mol. The SMILES string of the molecule is CCOc1cc(/C=N\NC(=O)c2ccccc2)ccc1OS(=O)(=O)c1ccc(OC)cc1. The lowest BCUT2D eigenvalue weighted by Crippen LogP contribution is -2.17. The molecule has 0 atom stereocenters. The Kier molecular flexibility index (Phi) is 7.45. The molecule has 0 unspecified atom stereocenters. The van der Waals surface area contributed by atoms with Crippen LogP contribution in [0.25, 0.3) is 0 Å². The summed E-state index contributed by atoms with van der Waals surface area (Å²) in [5.74, 6) is 0.440. The minimum Gasteiger partial charge on any atom is -0.497 e. The quantitative estimate of drug-likeness (QED) is 0.301. The topological polar surface area (TPSA) is 103 Å². The van der Waals surface area contributed by atoms with Gasteiger partial charge in [0, 0.05) is 5.56 Å². The minimum absolute atomic E-state index is 0.0185. The number of nitrogens with zero attached hydrogens (tertiary/aromatic N) is 1. The van der Waals surface area contributed by atoms with Crippen LogP contribution in [0.1, 0.15) is 22.8 Å². The summed E-state index contributed by atoms with van der Waals surface area (Å²) in [6.07, 6.45) is 1.42. The number of hydrogen-bond donors (Lipinski definition) is 1. The highest BCUT2D eigenvalue weighted by Crippen LogP contribution is 2.31. The number of rotatable bonds is 9. The Morgan fingerprint density at radius 3 is 2.38 bits per heavy atom. The van der Waals surface area contributed by atoms with E-state index in [-0.39, 0.29) is 22.3 Å². The number of hydrogen-bond acceptors (Lipinski definition) is 7. The first-order chi connectivity index (χ1) is 15.4. The lowest BCUT2D eigenvalue weighted by Gasteiger charge is -2.12. The van der Waals surface area contributed by atoms with Crippen LogP contribution in [0.4, 0.5) is 0 Å². The van der Waals surface area contributed by atoms with Gasteiger partial charge in [0.25, 0.3) is 5.91 Å². The molecule has 3 aromatic carbocycles. The van der Waals surface area contributed by atoms with Gasteiger partial charge in [-0.3, -0.25) is 4.79 Å². The zero-order valence-electron chi connectivity index (χ0n) is 17.5. The normalized spacial score (nSPS) is 11.2. The predicted octanol–water partition coefficient (Wildman–Crippen LogP) is 3.63. The monoisotopic (exact) mass is 454 g/mol. The molecule has 0 saturated carbocycles. The number of methoxy groups -OCH3 is 1. The third-order valence-corrected chi connectivity index (χ3v) is 5.48. The number of carbonyl (C=O) groups excluding carboxylic acids is 1. The van der Waals surface area contributed by atoms with Crippen LogP contribution in [-0.2, 0) is 10.1 Å². The first-order valence-electron chi connectivity index (χ1n) is 9.67. The van der Waals surface area contributed by atoms with Crippen molar-refractivity contribution in [1.29, 1.82) is 0 Å². The zero-order valence-corrected chi connectivity index (χ0v) is 18.3. The maximum absolute atomic E-state index is 12.6. The van der Waals surface area contributed by atoms with Crippen LogP contribution in [0.5, 0.6) is 17.2 Å². The summed E-state index contributed by atoms with van der Waals surface area (Å²) >= 11 is 0. The Bertz CT molecular complexity index is 1190. The fraction of sp³-hybridized carbons (Fsp3) is 0.130. The summed E-state index contributed by atoms with van der Waals surface area (Å²) in [4.78, 5) is 12.0.